The van der Waals surface area contributed by atoms with Gasteiger partial charge in [0.15, 0.2) is 5.82 Å². The number of hydrogen-bond donors (Lipinski definition) is 0. The quantitative estimate of drug-likeness (QED) is 0.693. The summed E-state index contributed by atoms with van der Waals surface area (Å²) in [6, 6.07) is 6.66. The SMILES string of the molecule is Cc1nc(N2CCN(C(=O)c3ccc(F)cc3F)CC2)cc(-n2cccn2)n1. The lowest BCUT2D eigenvalue weighted by molar-refractivity contribution is 0.0741. The number of hydrogen-bond acceptors (Lipinski definition) is 5. The van der Waals surface area contributed by atoms with Crippen LogP contribution < -0.4 is 4.90 Å². The summed E-state index contributed by atoms with van der Waals surface area (Å²) < 4.78 is 28.6. The molecule has 0 N–H and O–H groups in total. The predicted molar refractivity (Wildman–Crippen MR) is 98.4 cm³/mol. The molecule has 0 unspecified atom stereocenters. The number of rotatable bonds is 3. The first kappa shape index (κ1) is 18.0. The highest BCUT2D eigenvalue weighted by molar-refractivity contribution is 5.94. The van der Waals surface area contributed by atoms with Gasteiger partial charge in [0, 0.05) is 50.7 Å². The van der Waals surface area contributed by atoms with Gasteiger partial charge in [0.1, 0.15) is 23.3 Å². The number of carbonyl (C=O) groups is 1. The van der Waals surface area contributed by atoms with Crippen molar-refractivity contribution in [2.24, 2.45) is 0 Å². The van der Waals surface area contributed by atoms with Gasteiger partial charge in [-0.3, -0.25) is 4.79 Å². The Kier molecular flexibility index (Phi) is 4.72. The topological polar surface area (TPSA) is 67.2 Å². The second-order valence-electron chi connectivity index (χ2n) is 6.49. The Balaban J connectivity index is 1.48. The Labute approximate surface area is 160 Å². The first-order valence-corrected chi connectivity index (χ1v) is 8.86. The van der Waals surface area contributed by atoms with Crippen molar-refractivity contribution in [1.82, 2.24) is 24.6 Å². The van der Waals surface area contributed by atoms with Gasteiger partial charge in [0.05, 0.1) is 5.56 Å². The highest BCUT2D eigenvalue weighted by Gasteiger charge is 2.25. The molecule has 3 aromatic rings. The van der Waals surface area contributed by atoms with Crippen LogP contribution in [0.3, 0.4) is 0 Å². The number of nitrogens with zero attached hydrogens (tertiary/aromatic N) is 6. The summed E-state index contributed by atoms with van der Waals surface area (Å²) in [6.45, 7) is 3.73. The lowest BCUT2D eigenvalue weighted by Gasteiger charge is -2.35. The average Bonchev–Trinajstić information content (AvgIpc) is 3.22. The molecule has 0 atom stereocenters. The van der Waals surface area contributed by atoms with Crippen LogP contribution in [0.1, 0.15) is 16.2 Å². The highest BCUT2D eigenvalue weighted by atomic mass is 19.1. The highest BCUT2D eigenvalue weighted by Crippen LogP contribution is 2.19. The van der Waals surface area contributed by atoms with E-state index < -0.39 is 17.5 Å². The Morgan fingerprint density at radius 3 is 2.46 bits per heavy atom. The van der Waals surface area contributed by atoms with Crippen molar-refractivity contribution in [3.8, 4) is 5.82 Å². The fourth-order valence-electron chi connectivity index (χ4n) is 3.19. The molecule has 0 aliphatic carbocycles. The molecule has 7 nitrogen and oxygen atoms in total. The molecule has 0 spiro atoms. The van der Waals surface area contributed by atoms with E-state index in [0.717, 1.165) is 18.0 Å². The lowest BCUT2D eigenvalue weighted by atomic mass is 10.1. The summed E-state index contributed by atoms with van der Waals surface area (Å²) in [5.74, 6) is 0.0503. The van der Waals surface area contributed by atoms with Gasteiger partial charge in [-0.2, -0.15) is 5.10 Å². The van der Waals surface area contributed by atoms with Gasteiger partial charge in [0.25, 0.3) is 5.91 Å². The third-order valence-electron chi connectivity index (χ3n) is 4.60. The monoisotopic (exact) mass is 384 g/mol. The van der Waals surface area contributed by atoms with E-state index in [9.17, 15) is 13.6 Å². The minimum Gasteiger partial charge on any atom is -0.353 e. The van der Waals surface area contributed by atoms with E-state index in [1.165, 1.54) is 6.07 Å². The second kappa shape index (κ2) is 7.34. The van der Waals surface area contributed by atoms with Crippen LogP contribution in [0, 0.1) is 18.6 Å². The molecule has 1 fully saturated rings. The van der Waals surface area contributed by atoms with Crippen LogP contribution in [0.2, 0.25) is 0 Å². The third-order valence-corrected chi connectivity index (χ3v) is 4.60. The molecule has 1 aromatic carbocycles. The molecular weight excluding hydrogens is 366 g/mol. The fourth-order valence-corrected chi connectivity index (χ4v) is 3.19. The fraction of sp³-hybridized carbons (Fsp3) is 0.263. The molecule has 1 aliphatic heterocycles. The summed E-state index contributed by atoms with van der Waals surface area (Å²) >= 11 is 0. The average molecular weight is 384 g/mol. The van der Waals surface area contributed by atoms with Crippen LogP contribution in [-0.4, -0.2) is 56.7 Å². The maximum Gasteiger partial charge on any atom is 0.256 e. The van der Waals surface area contributed by atoms with Gasteiger partial charge in [-0.25, -0.2) is 23.4 Å². The molecule has 1 saturated heterocycles. The van der Waals surface area contributed by atoms with Crippen molar-refractivity contribution >= 4 is 11.7 Å². The molecule has 0 saturated carbocycles. The smallest absolute Gasteiger partial charge is 0.256 e. The number of halogens is 2. The normalized spacial score (nSPS) is 14.4. The van der Waals surface area contributed by atoms with Gasteiger partial charge < -0.3 is 9.80 Å². The Hall–Kier alpha value is -3.36. The molecule has 4 rings (SSSR count). The minimum absolute atomic E-state index is 0.117. The van der Waals surface area contributed by atoms with Crippen LogP contribution in [0.25, 0.3) is 5.82 Å². The summed E-state index contributed by atoms with van der Waals surface area (Å²) in [5, 5.41) is 4.19. The Morgan fingerprint density at radius 2 is 1.79 bits per heavy atom. The second-order valence-corrected chi connectivity index (χ2v) is 6.49. The van der Waals surface area contributed by atoms with E-state index in [-0.39, 0.29) is 5.56 Å². The Bertz CT molecular complexity index is 1000. The van der Waals surface area contributed by atoms with E-state index >= 15 is 0 Å². The molecule has 9 heteroatoms. The summed E-state index contributed by atoms with van der Waals surface area (Å²) in [7, 11) is 0. The van der Waals surface area contributed by atoms with Crippen LogP contribution >= 0.6 is 0 Å². The van der Waals surface area contributed by atoms with E-state index in [4.69, 9.17) is 0 Å². The summed E-state index contributed by atoms with van der Waals surface area (Å²) in [5.41, 5.74) is -0.117. The van der Waals surface area contributed by atoms with Crippen LogP contribution in [0.4, 0.5) is 14.6 Å². The number of benzene rings is 1. The maximum atomic E-state index is 13.9. The van der Waals surface area contributed by atoms with Crippen LogP contribution in [0.15, 0.2) is 42.7 Å². The van der Waals surface area contributed by atoms with Crippen molar-refractivity contribution in [3.05, 3.63) is 65.7 Å². The Morgan fingerprint density at radius 1 is 1.04 bits per heavy atom. The number of piperazine rings is 1. The van der Waals surface area contributed by atoms with Gasteiger partial charge in [-0.05, 0) is 25.1 Å². The van der Waals surface area contributed by atoms with Gasteiger partial charge in [-0.15, -0.1) is 0 Å². The molecule has 3 heterocycles. The molecule has 1 amide bonds. The number of aromatic nitrogens is 4. The molecule has 0 radical (unpaired) electrons. The minimum atomic E-state index is -0.845. The number of amides is 1. The zero-order chi connectivity index (χ0) is 19.7. The van der Waals surface area contributed by atoms with Crippen molar-refractivity contribution in [2.75, 3.05) is 31.1 Å². The first-order chi connectivity index (χ1) is 13.5. The van der Waals surface area contributed by atoms with Gasteiger partial charge >= 0.3 is 0 Å². The summed E-state index contributed by atoms with van der Waals surface area (Å²) in [6.07, 6.45) is 3.48. The van der Waals surface area contributed by atoms with Crippen molar-refractivity contribution in [3.63, 3.8) is 0 Å². The molecule has 2 aromatic heterocycles. The van der Waals surface area contributed by atoms with E-state index in [1.807, 2.05) is 24.0 Å². The van der Waals surface area contributed by atoms with E-state index in [0.29, 0.717) is 37.8 Å². The van der Waals surface area contributed by atoms with Gasteiger partial charge in [0.2, 0.25) is 0 Å². The number of carbonyl (C=O) groups excluding carboxylic acids is 1. The van der Waals surface area contributed by atoms with Crippen LogP contribution in [0.5, 0.6) is 0 Å². The van der Waals surface area contributed by atoms with Crippen molar-refractivity contribution in [2.45, 2.75) is 6.92 Å². The standard InChI is InChI=1S/C19H18F2N6O/c1-13-23-17(12-18(24-13)27-6-2-5-22-27)25-7-9-26(10-8-25)19(28)15-4-3-14(20)11-16(15)21/h2-6,11-12H,7-10H2,1H3. The lowest BCUT2D eigenvalue weighted by Crippen LogP contribution is -2.49. The number of aryl methyl sites for hydroxylation is 1. The first-order valence-electron chi connectivity index (χ1n) is 8.86. The third kappa shape index (κ3) is 3.55. The van der Waals surface area contributed by atoms with E-state index in [1.54, 1.807) is 22.0 Å². The zero-order valence-electron chi connectivity index (χ0n) is 15.2. The molecule has 28 heavy (non-hydrogen) atoms. The van der Waals surface area contributed by atoms with Crippen molar-refractivity contribution in [1.29, 1.82) is 0 Å². The molecule has 144 valence electrons. The molecule has 0 bridgehead atoms. The maximum absolute atomic E-state index is 13.9. The van der Waals surface area contributed by atoms with Gasteiger partial charge in [-0.1, -0.05) is 0 Å². The van der Waals surface area contributed by atoms with E-state index in [2.05, 4.69) is 15.1 Å². The zero-order valence-corrected chi connectivity index (χ0v) is 15.2. The van der Waals surface area contributed by atoms with Crippen LogP contribution in [-0.2, 0) is 0 Å². The molecule has 1 aliphatic rings. The van der Waals surface area contributed by atoms with Crippen molar-refractivity contribution < 1.29 is 13.6 Å². The predicted octanol–water partition coefficient (Wildman–Crippen LogP) is 2.21. The largest absolute Gasteiger partial charge is 0.353 e. The molecular formula is C19H18F2N6O. The number of anilines is 1. The summed E-state index contributed by atoms with van der Waals surface area (Å²) in [4.78, 5) is 25.0.